The van der Waals surface area contributed by atoms with Gasteiger partial charge in [-0.25, -0.2) is 10.2 Å². The normalized spacial score (nSPS) is 21.9. The molecule has 8 rings (SSSR count). The van der Waals surface area contributed by atoms with E-state index in [1.807, 2.05) is 18.2 Å². The lowest BCUT2D eigenvalue weighted by Gasteiger charge is -2.41. The summed E-state index contributed by atoms with van der Waals surface area (Å²) in [7, 11) is 3.19. The fourth-order valence-electron chi connectivity index (χ4n) is 11.5. The summed E-state index contributed by atoms with van der Waals surface area (Å²) in [5.41, 5.74) is 9.27. The van der Waals surface area contributed by atoms with E-state index in [9.17, 15) is 33.9 Å². The summed E-state index contributed by atoms with van der Waals surface area (Å²) in [5.74, 6) is -2.74. The van der Waals surface area contributed by atoms with Gasteiger partial charge in [-0.1, -0.05) is 70.7 Å². The van der Waals surface area contributed by atoms with Crippen LogP contribution in [0.5, 0.6) is 5.75 Å². The zero-order chi connectivity index (χ0) is 51.6. The molecule has 1 unspecified atom stereocenters. The Morgan fingerprint density at radius 3 is 2.53 bits per heavy atom. The van der Waals surface area contributed by atoms with Crippen LogP contribution in [0.15, 0.2) is 73.3 Å². The number of hydrogen-bond donors (Lipinski definition) is 3. The van der Waals surface area contributed by atoms with E-state index in [2.05, 4.69) is 73.0 Å². The molecule has 16 nitrogen and oxygen atoms in total. The predicted octanol–water partition coefficient (Wildman–Crippen LogP) is 6.64. The topological polar surface area (TPSA) is 183 Å². The van der Waals surface area contributed by atoms with Crippen LogP contribution in [0.2, 0.25) is 0 Å². The molecule has 3 fully saturated rings. The van der Waals surface area contributed by atoms with Crippen molar-refractivity contribution in [3.05, 3.63) is 90.0 Å². The van der Waals surface area contributed by atoms with Gasteiger partial charge in [-0.05, 0) is 116 Å². The smallest absolute Gasteiger partial charge is 0.327 e. The van der Waals surface area contributed by atoms with Gasteiger partial charge < -0.3 is 34.3 Å². The number of phenolic OH excluding ortho intramolecular Hbond substituents is 1. The highest BCUT2D eigenvalue weighted by atomic mass is 16.5. The van der Waals surface area contributed by atoms with Crippen LogP contribution in [-0.2, 0) is 59.3 Å². The number of methoxy groups -OCH3 is 1. The first-order valence-corrected chi connectivity index (χ1v) is 25.5. The van der Waals surface area contributed by atoms with Crippen molar-refractivity contribution in [3.63, 3.8) is 0 Å². The number of esters is 1. The maximum atomic E-state index is 14.9. The van der Waals surface area contributed by atoms with Crippen LogP contribution in [0.3, 0.4) is 0 Å². The number of rotatable bonds is 10. The average molecular weight is 986 g/mol. The Morgan fingerprint density at radius 1 is 1.01 bits per heavy atom. The van der Waals surface area contributed by atoms with E-state index >= 15 is 0 Å². The molecular weight excluding hydrogens is 915 g/mol. The number of aryl methyl sites for hydroxylation is 1. The molecule has 16 heteroatoms. The lowest BCUT2D eigenvalue weighted by atomic mass is 9.78. The number of phenols is 1. The first-order valence-electron chi connectivity index (χ1n) is 25.5. The van der Waals surface area contributed by atoms with Crippen molar-refractivity contribution >= 4 is 46.5 Å². The highest BCUT2D eigenvalue weighted by molar-refractivity contribution is 6.01. The third-order valence-corrected chi connectivity index (χ3v) is 15.1. The summed E-state index contributed by atoms with van der Waals surface area (Å²) in [6, 6.07) is 16.0. The van der Waals surface area contributed by atoms with Gasteiger partial charge in [0.15, 0.2) is 0 Å². The van der Waals surface area contributed by atoms with E-state index in [1.54, 1.807) is 38.0 Å². The maximum absolute atomic E-state index is 14.9. The van der Waals surface area contributed by atoms with Gasteiger partial charge in [0.05, 0.1) is 24.3 Å². The number of imide groups is 1. The van der Waals surface area contributed by atoms with Crippen molar-refractivity contribution in [2.24, 2.45) is 16.7 Å². The molecular formula is C56H71N7O9. The van der Waals surface area contributed by atoms with E-state index in [4.69, 9.17) is 9.47 Å². The predicted molar refractivity (Wildman–Crippen MR) is 274 cm³/mol. The van der Waals surface area contributed by atoms with E-state index in [-0.39, 0.29) is 50.2 Å². The fraction of sp³-hybridized carbons (Fsp3) is 0.500. The maximum Gasteiger partial charge on any atom is 0.327 e. The minimum absolute atomic E-state index is 0.0257. The van der Waals surface area contributed by atoms with Crippen molar-refractivity contribution in [1.82, 2.24) is 35.0 Å². The molecule has 4 aliphatic rings. The van der Waals surface area contributed by atoms with Crippen molar-refractivity contribution in [3.8, 4) is 28.1 Å². The summed E-state index contributed by atoms with van der Waals surface area (Å²) in [4.78, 5) is 88.8. The second-order valence-electron chi connectivity index (χ2n) is 21.3. The molecule has 4 aliphatic heterocycles. The third-order valence-electron chi connectivity index (χ3n) is 15.1. The lowest BCUT2D eigenvalue weighted by Crippen LogP contribution is -2.63. The number of aromatic nitrogens is 1. The fourth-order valence-corrected chi connectivity index (χ4v) is 11.5. The Balaban J connectivity index is 1.16. The zero-order valence-electron chi connectivity index (χ0n) is 42.9. The number of piperidine rings is 1. The molecule has 384 valence electrons. The van der Waals surface area contributed by atoms with E-state index < -0.39 is 58.7 Å². The molecule has 0 radical (unpaired) electrons. The molecule has 72 heavy (non-hydrogen) atoms. The zero-order valence-corrected chi connectivity index (χ0v) is 42.9. The Morgan fingerprint density at radius 2 is 1.79 bits per heavy atom. The van der Waals surface area contributed by atoms with Crippen LogP contribution in [0.1, 0.15) is 83.4 Å². The number of benzene rings is 3. The minimum atomic E-state index is -1.22. The monoisotopic (exact) mass is 986 g/mol. The van der Waals surface area contributed by atoms with Gasteiger partial charge >= 0.3 is 12.0 Å². The minimum Gasteiger partial charge on any atom is -0.508 e. The Labute approximate surface area is 422 Å². The van der Waals surface area contributed by atoms with E-state index in [0.717, 1.165) is 45.3 Å². The Kier molecular flexibility index (Phi) is 15.3. The van der Waals surface area contributed by atoms with Crippen LogP contribution in [0.25, 0.3) is 33.3 Å². The molecule has 6 amide bonds. The number of carbonyl (C=O) groups is 6. The highest BCUT2D eigenvalue weighted by Gasteiger charge is 2.52. The molecule has 1 spiro atoms. The first kappa shape index (κ1) is 51.8. The van der Waals surface area contributed by atoms with Gasteiger partial charge in [-0.15, -0.1) is 0 Å². The number of likely N-dealkylation sites (N-methyl/N-ethyl adjacent to an activating group) is 1. The first-order chi connectivity index (χ1) is 34.4. The number of nitrogens with zero attached hydrogens (tertiary/aromatic N) is 5. The number of aromatic hydroxyl groups is 1. The third kappa shape index (κ3) is 10.4. The Bertz CT molecular complexity index is 2760. The van der Waals surface area contributed by atoms with Gasteiger partial charge in [0.1, 0.15) is 23.9 Å². The largest absolute Gasteiger partial charge is 0.508 e. The van der Waals surface area contributed by atoms with Crippen LogP contribution in [0.4, 0.5) is 4.79 Å². The number of carbonyl (C=O) groups excluding carboxylic acids is 6. The van der Waals surface area contributed by atoms with Gasteiger partial charge in [-0.2, -0.15) is 0 Å². The van der Waals surface area contributed by atoms with E-state index in [0.29, 0.717) is 69.3 Å². The number of urea groups is 1. The SMILES string of the molecule is C=CC(=O)N1CC[C@@]2(CCCN(C(=O)N(C)C(C(=O)N[C@H]3Cc4cc(O)cc(c4)-c4ccc5c(c4)c(c(-c4ccccc4CCOC)n5CC)CC(C)(C)COC(=O)[C@@H]4CCCN(N4)C3=O)C(C)C)C2=O)C1. The van der Waals surface area contributed by atoms with Crippen molar-refractivity contribution in [2.75, 3.05) is 53.6 Å². The van der Waals surface area contributed by atoms with Crippen LogP contribution < -0.4 is 10.7 Å². The van der Waals surface area contributed by atoms with Gasteiger partial charge in [0.25, 0.3) is 5.91 Å². The average Bonchev–Trinajstić information content (AvgIpc) is 3.93. The molecule has 6 bridgehead atoms. The van der Waals surface area contributed by atoms with Gasteiger partial charge in [0, 0.05) is 75.2 Å². The number of ether oxygens (including phenoxy) is 2. The number of nitrogens with one attached hydrogen (secondary N) is 2. The number of hydrazine groups is 1. The van der Waals surface area contributed by atoms with Crippen LogP contribution >= 0.6 is 0 Å². The number of fused-ring (bicyclic) bond motifs is 6. The quantitative estimate of drug-likeness (QED) is 0.115. The second-order valence-corrected chi connectivity index (χ2v) is 21.3. The Hall–Kier alpha value is -6.52. The molecule has 0 saturated carbocycles. The van der Waals surface area contributed by atoms with Crippen molar-refractivity contribution in [1.29, 1.82) is 0 Å². The standard InChI is InChI=1S/C56H71N7O9/c1-9-47(65)60-25-22-56(33-60)21-14-23-62(53(56)69)54(70)59(7)48(35(3)4)50(66)57-45-29-36-27-39(30-40(64)28-36)38-18-19-46-42(31-38)43(49(61(46)10-2)41-16-12-11-15-37(41)20-26-71-8)32-55(5,6)34-72-52(68)44-17-13-24-63(58-44)51(45)67/h9,11-12,15-16,18-19,27-28,30-31,35,44-45,48,58,64H,1,10,13-14,17,20-26,29,32-34H2,2-8H3,(H,57,66)/t44-,45-,48?,56-/m0/s1. The van der Waals surface area contributed by atoms with Crippen LogP contribution in [-0.4, -0.2) is 137 Å². The molecule has 3 N–H and O–H groups in total. The summed E-state index contributed by atoms with van der Waals surface area (Å²) >= 11 is 0. The number of likely N-dealkylation sites (tertiary alicyclic amines) is 2. The summed E-state index contributed by atoms with van der Waals surface area (Å²) in [5, 5.41) is 16.8. The number of cyclic esters (lactones) is 1. The molecule has 4 aromatic rings. The summed E-state index contributed by atoms with van der Waals surface area (Å²) in [6.07, 6.45) is 4.87. The molecule has 3 saturated heterocycles. The molecule has 3 aromatic carbocycles. The molecule has 1 aromatic heterocycles. The van der Waals surface area contributed by atoms with Gasteiger partial charge in [-0.3, -0.25) is 33.9 Å². The molecule has 4 atom stereocenters. The second kappa shape index (κ2) is 21.3. The van der Waals surface area contributed by atoms with Crippen molar-refractivity contribution in [2.45, 2.75) is 111 Å². The van der Waals surface area contributed by atoms with Crippen LogP contribution in [0, 0.1) is 16.7 Å². The number of amides is 6. The number of hydrogen-bond acceptors (Lipinski definition) is 10. The molecule has 0 aliphatic carbocycles. The van der Waals surface area contributed by atoms with Crippen molar-refractivity contribution < 1.29 is 43.3 Å². The summed E-state index contributed by atoms with van der Waals surface area (Å²) in [6.45, 7) is 15.8. The van der Waals surface area contributed by atoms with E-state index in [1.165, 1.54) is 27.9 Å². The molecule has 5 heterocycles. The lowest BCUT2D eigenvalue weighted by molar-refractivity contribution is -0.155. The highest BCUT2D eigenvalue weighted by Crippen LogP contribution is 2.43. The van der Waals surface area contributed by atoms with Gasteiger partial charge in [0.2, 0.25) is 17.7 Å². The summed E-state index contributed by atoms with van der Waals surface area (Å²) < 4.78 is 14.0.